The van der Waals surface area contributed by atoms with Gasteiger partial charge in [0.05, 0.1) is 0 Å². The molecule has 0 fully saturated rings. The molecule has 0 spiro atoms. The molecule has 1 nitrogen and oxygen atoms in total. The minimum Gasteiger partial charge on any atom is -0.512 e. The van der Waals surface area contributed by atoms with Crippen LogP contribution < -0.4 is 0 Å². The summed E-state index contributed by atoms with van der Waals surface area (Å²) in [5, 5.41) is 6.25. The van der Waals surface area contributed by atoms with E-state index >= 15 is 0 Å². The molecule has 0 saturated heterocycles. The van der Waals surface area contributed by atoms with Gasteiger partial charge in [0, 0.05) is 44.1 Å². The maximum absolute atomic E-state index is 6.25. The molecular weight excluding hydrogens is 167 g/mol. The van der Waals surface area contributed by atoms with E-state index in [1.54, 1.807) is 0 Å². The van der Waals surface area contributed by atoms with Crippen LogP contribution in [0.25, 0.3) is 0 Å². The van der Waals surface area contributed by atoms with Crippen molar-refractivity contribution in [1.29, 1.82) is 5.26 Å². The van der Waals surface area contributed by atoms with E-state index in [0.717, 1.165) is 0 Å². The zero-order valence-corrected chi connectivity index (χ0v) is 5.65. The Bertz CT molecular complexity index is 12.8. The molecule has 0 aliphatic carbocycles. The van der Waals surface area contributed by atoms with Gasteiger partial charge >= 0.3 is 0 Å². The number of rotatable bonds is 0. The molecule has 0 heterocycles. The molecule has 0 N–H and O–H groups in total. The second kappa shape index (κ2) is 38.3. The Kier molecular flexibility index (Phi) is 195. The van der Waals surface area contributed by atoms with Gasteiger partial charge in [0.25, 0.3) is 0 Å². The summed E-state index contributed by atoms with van der Waals surface area (Å²) in [5.74, 6) is 0. The minimum atomic E-state index is 0. The van der Waals surface area contributed by atoms with Crippen LogP contribution in [0.5, 0.6) is 0 Å². The molecule has 0 aromatic heterocycles. The molecule has 0 aromatic rings. The summed E-state index contributed by atoms with van der Waals surface area (Å²) in [6.45, 7) is 4.75. The quantitative estimate of drug-likeness (QED) is 0.370. The van der Waals surface area contributed by atoms with Crippen LogP contribution in [0.4, 0.5) is 0 Å². The third-order valence-electron chi connectivity index (χ3n) is 0. The summed E-state index contributed by atoms with van der Waals surface area (Å²) in [7, 11) is 0. The van der Waals surface area contributed by atoms with Crippen molar-refractivity contribution in [2.75, 3.05) is 0 Å². The van der Waals surface area contributed by atoms with Crippen LogP contribution in [0.3, 0.4) is 0 Å². The van der Waals surface area contributed by atoms with Gasteiger partial charge in [-0.25, -0.2) is 0 Å². The van der Waals surface area contributed by atoms with Crippen LogP contribution in [0.2, 0.25) is 0 Å². The molecule has 0 aromatic carbocycles. The third-order valence-corrected chi connectivity index (χ3v) is 0. The van der Waals surface area contributed by atoms with Crippen LogP contribution in [0.1, 0.15) is 0 Å². The first-order valence-corrected chi connectivity index (χ1v) is 0.224. The molecule has 0 aliphatic heterocycles. The van der Waals surface area contributed by atoms with Gasteiger partial charge in [0.15, 0.2) is 0 Å². The SMILES string of the molecule is [C-]#N.[Nb].[Ti]. The first-order chi connectivity index (χ1) is 1.00. The fraction of sp³-hybridized carbons (Fsp3) is 0. The summed E-state index contributed by atoms with van der Waals surface area (Å²) in [5.41, 5.74) is 0. The monoisotopic (exact) mass is 167 g/mol. The van der Waals surface area contributed by atoms with Gasteiger partial charge < -0.3 is 11.8 Å². The van der Waals surface area contributed by atoms with E-state index in [9.17, 15) is 0 Å². The Labute approximate surface area is 55.8 Å². The van der Waals surface area contributed by atoms with E-state index < -0.39 is 0 Å². The van der Waals surface area contributed by atoms with Crippen molar-refractivity contribution in [1.82, 2.24) is 0 Å². The van der Waals surface area contributed by atoms with Crippen molar-refractivity contribution in [2.24, 2.45) is 0 Å². The van der Waals surface area contributed by atoms with Crippen LogP contribution in [0, 0.1) is 11.8 Å². The molecule has 0 bridgehead atoms. The molecule has 0 saturated carbocycles. The Balaban J connectivity index is -0.00000000500. The molecule has 0 amide bonds. The molecule has 0 aliphatic rings. The van der Waals surface area contributed by atoms with Gasteiger partial charge in [0.1, 0.15) is 0 Å². The van der Waals surface area contributed by atoms with E-state index in [4.69, 9.17) is 11.8 Å². The van der Waals surface area contributed by atoms with Crippen LogP contribution in [-0.2, 0) is 44.1 Å². The van der Waals surface area contributed by atoms with Crippen molar-refractivity contribution >= 4 is 0 Å². The molecule has 19 valence electrons. The average Bonchev–Trinajstić information content (AvgIpc) is 1.00. The Morgan fingerprint density at radius 1 is 1.25 bits per heavy atom. The van der Waals surface area contributed by atoms with E-state index in [1.807, 2.05) is 0 Å². The van der Waals surface area contributed by atoms with Gasteiger partial charge in [-0.1, -0.05) is 0 Å². The molecule has 1 radical (unpaired) electrons. The van der Waals surface area contributed by atoms with Crippen LogP contribution in [-0.4, -0.2) is 0 Å². The predicted octanol–water partition coefficient (Wildman–Crippen LogP) is 0.0914. The summed E-state index contributed by atoms with van der Waals surface area (Å²) in [6.07, 6.45) is 0. The van der Waals surface area contributed by atoms with E-state index in [-0.39, 0.29) is 44.1 Å². The topological polar surface area (TPSA) is 23.8 Å². The largest absolute Gasteiger partial charge is 0.512 e. The van der Waals surface area contributed by atoms with Crippen LogP contribution >= 0.6 is 0 Å². The van der Waals surface area contributed by atoms with Gasteiger partial charge in [-0.2, -0.15) is 0 Å². The molecule has 0 rings (SSSR count). The zero-order chi connectivity index (χ0) is 2.00. The van der Waals surface area contributed by atoms with Crippen molar-refractivity contribution in [3.63, 3.8) is 0 Å². The Morgan fingerprint density at radius 3 is 1.25 bits per heavy atom. The predicted molar refractivity (Wildman–Crippen MR) is 4.97 cm³/mol. The Hall–Kier alpha value is 0.945. The fourth-order valence-corrected chi connectivity index (χ4v) is 0. The van der Waals surface area contributed by atoms with Crippen LogP contribution in [0.15, 0.2) is 0 Å². The second-order valence-electron chi connectivity index (χ2n) is 0. The van der Waals surface area contributed by atoms with Gasteiger partial charge in [-0.05, 0) is 0 Å². The van der Waals surface area contributed by atoms with E-state index in [1.165, 1.54) is 0 Å². The number of hydrogen-bond acceptors (Lipinski definition) is 1. The van der Waals surface area contributed by atoms with Crippen molar-refractivity contribution < 1.29 is 44.1 Å². The van der Waals surface area contributed by atoms with Crippen molar-refractivity contribution in [2.45, 2.75) is 0 Å². The fourth-order valence-electron chi connectivity index (χ4n) is 0. The summed E-state index contributed by atoms with van der Waals surface area (Å²) < 4.78 is 0. The molecule has 0 unspecified atom stereocenters. The number of hydrogen-bond donors (Lipinski definition) is 0. The molecule has 3 heteroatoms. The normalized spacial score (nSPS) is 0.500. The smallest absolute Gasteiger partial charge is 0 e. The van der Waals surface area contributed by atoms with Crippen molar-refractivity contribution in [3.05, 3.63) is 6.57 Å². The van der Waals surface area contributed by atoms with Gasteiger partial charge in [0.2, 0.25) is 0 Å². The van der Waals surface area contributed by atoms with Gasteiger partial charge in [-0.15, -0.1) is 0 Å². The van der Waals surface area contributed by atoms with Gasteiger partial charge in [-0.3, -0.25) is 0 Å². The minimum absolute atomic E-state index is 0. The second-order valence-corrected chi connectivity index (χ2v) is 0. The first-order valence-electron chi connectivity index (χ1n) is 0.224. The molecule has 0 atom stereocenters. The number of nitrogens with zero attached hydrogens (tertiary/aromatic N) is 1. The first kappa shape index (κ1) is 20.3. The molecule has 4 heavy (non-hydrogen) atoms. The molecular formula is CNNbTi-. The summed E-state index contributed by atoms with van der Waals surface area (Å²) >= 11 is 0. The van der Waals surface area contributed by atoms with Crippen molar-refractivity contribution in [3.8, 4) is 0 Å². The average molecular weight is 167 g/mol. The standard InChI is InChI=1S/CN.Nb.Ti/c1-2;;/q-1;;. The summed E-state index contributed by atoms with van der Waals surface area (Å²) in [6, 6.07) is 0. The van der Waals surface area contributed by atoms with E-state index in [2.05, 4.69) is 0 Å². The summed E-state index contributed by atoms with van der Waals surface area (Å²) in [4.78, 5) is 0. The maximum Gasteiger partial charge on any atom is 0 e. The Morgan fingerprint density at radius 2 is 1.25 bits per heavy atom. The zero-order valence-electron chi connectivity index (χ0n) is 1.89. The maximum atomic E-state index is 6.25. The third kappa shape index (κ3) is 12.5. The van der Waals surface area contributed by atoms with E-state index in [0.29, 0.717) is 0 Å².